The maximum absolute atomic E-state index is 11.9. The van der Waals surface area contributed by atoms with Crippen LogP contribution in [0.1, 0.15) is 15.9 Å². The van der Waals surface area contributed by atoms with Crippen molar-refractivity contribution in [1.29, 1.82) is 0 Å². The number of benzene rings is 1. The number of nitro groups is 1. The minimum absolute atomic E-state index is 0.0644. The summed E-state index contributed by atoms with van der Waals surface area (Å²) < 4.78 is 0.831. The molecule has 2 aromatic rings. The van der Waals surface area contributed by atoms with E-state index in [1.807, 2.05) is 6.07 Å². The lowest BCUT2D eigenvalue weighted by molar-refractivity contribution is -0.380. The van der Waals surface area contributed by atoms with E-state index in [4.69, 9.17) is 0 Å². The lowest BCUT2D eigenvalue weighted by Crippen LogP contribution is -1.93. The number of hydrogen-bond donors (Lipinski definition) is 0. The van der Waals surface area contributed by atoms with Crippen LogP contribution in [0.4, 0.5) is 5.00 Å². The van der Waals surface area contributed by atoms with E-state index in [1.165, 1.54) is 12.1 Å². The van der Waals surface area contributed by atoms with Crippen LogP contribution in [-0.2, 0) is 0 Å². The average molecular weight is 338 g/mol. The molecule has 0 unspecified atom stereocenters. The number of carbonyl (C=O) groups is 1. The number of allylic oxidation sites excluding steroid dienone is 1. The van der Waals surface area contributed by atoms with E-state index in [-0.39, 0.29) is 10.8 Å². The number of nitrogens with zero attached hydrogens (tertiary/aromatic N) is 1. The summed E-state index contributed by atoms with van der Waals surface area (Å²) >= 11 is 4.33. The topological polar surface area (TPSA) is 60.2 Å². The quantitative estimate of drug-likeness (QED) is 0.361. The van der Waals surface area contributed by atoms with Crippen molar-refractivity contribution < 1.29 is 9.72 Å². The molecule has 0 fully saturated rings. The molecule has 19 heavy (non-hydrogen) atoms. The molecule has 2 rings (SSSR count). The van der Waals surface area contributed by atoms with Crippen molar-refractivity contribution in [3.05, 3.63) is 67.5 Å². The van der Waals surface area contributed by atoms with Crippen molar-refractivity contribution in [2.75, 3.05) is 0 Å². The predicted octanol–water partition coefficient (Wildman–Crippen LogP) is 4.31. The average Bonchev–Trinajstić information content (AvgIpc) is 2.85. The van der Waals surface area contributed by atoms with Gasteiger partial charge in [-0.1, -0.05) is 39.4 Å². The molecule has 1 aromatic heterocycles. The minimum Gasteiger partial charge on any atom is -0.289 e. The van der Waals surface area contributed by atoms with Gasteiger partial charge in [-0.3, -0.25) is 14.9 Å². The Bertz CT molecular complexity index is 663. The largest absolute Gasteiger partial charge is 0.324 e. The summed E-state index contributed by atoms with van der Waals surface area (Å²) in [6.45, 7) is 0. The molecule has 0 aliphatic carbocycles. The Labute approximate surface area is 121 Å². The fourth-order valence-electron chi connectivity index (χ4n) is 1.43. The first-order chi connectivity index (χ1) is 9.06. The Morgan fingerprint density at radius 2 is 2.16 bits per heavy atom. The van der Waals surface area contributed by atoms with Crippen LogP contribution in [0.25, 0.3) is 6.08 Å². The Kier molecular flexibility index (Phi) is 4.24. The van der Waals surface area contributed by atoms with Crippen LogP contribution >= 0.6 is 27.3 Å². The van der Waals surface area contributed by atoms with Crippen LogP contribution in [0.3, 0.4) is 0 Å². The summed E-state index contributed by atoms with van der Waals surface area (Å²) in [5.41, 5.74) is 1.22. The van der Waals surface area contributed by atoms with E-state index in [9.17, 15) is 14.9 Å². The van der Waals surface area contributed by atoms with Crippen LogP contribution < -0.4 is 0 Å². The van der Waals surface area contributed by atoms with Crippen LogP contribution in [0.2, 0.25) is 0 Å². The fourth-order valence-corrected chi connectivity index (χ4v) is 2.52. The molecule has 0 bridgehead atoms. The molecule has 0 amide bonds. The van der Waals surface area contributed by atoms with Crippen molar-refractivity contribution in [3.8, 4) is 0 Å². The van der Waals surface area contributed by atoms with Gasteiger partial charge in [0.05, 0.1) is 4.92 Å². The van der Waals surface area contributed by atoms with Gasteiger partial charge in [0.2, 0.25) is 0 Å². The highest BCUT2D eigenvalue weighted by Gasteiger charge is 2.08. The van der Waals surface area contributed by atoms with Gasteiger partial charge in [0.15, 0.2) is 5.78 Å². The van der Waals surface area contributed by atoms with Gasteiger partial charge in [-0.2, -0.15) is 0 Å². The van der Waals surface area contributed by atoms with Gasteiger partial charge in [0.1, 0.15) is 0 Å². The lowest BCUT2D eigenvalue weighted by atomic mass is 10.1. The van der Waals surface area contributed by atoms with Gasteiger partial charge >= 0.3 is 5.00 Å². The van der Waals surface area contributed by atoms with Gasteiger partial charge < -0.3 is 0 Å². The standard InChI is InChI=1S/C13H8BrNO3S/c14-11-3-1-2-10(7-11)12(16)5-4-9-6-13(15(17)18)19-8-9/h1-8H/b5-4+. The third-order valence-electron chi connectivity index (χ3n) is 2.32. The highest BCUT2D eigenvalue weighted by Crippen LogP contribution is 2.23. The third kappa shape index (κ3) is 3.59. The summed E-state index contributed by atoms with van der Waals surface area (Å²) in [5.74, 6) is -0.143. The Morgan fingerprint density at radius 1 is 1.37 bits per heavy atom. The smallest absolute Gasteiger partial charge is 0.289 e. The molecule has 6 heteroatoms. The Morgan fingerprint density at radius 3 is 2.79 bits per heavy atom. The van der Waals surface area contributed by atoms with E-state index in [0.717, 1.165) is 15.8 Å². The van der Waals surface area contributed by atoms with Crippen LogP contribution in [-0.4, -0.2) is 10.7 Å². The molecular formula is C13H8BrNO3S. The SMILES string of the molecule is O=C(/C=C/c1csc([N+](=O)[O-])c1)c1cccc(Br)c1. The molecule has 1 heterocycles. The van der Waals surface area contributed by atoms with E-state index in [2.05, 4.69) is 15.9 Å². The normalized spacial score (nSPS) is 10.8. The molecule has 1 aromatic carbocycles. The molecule has 0 spiro atoms. The molecule has 96 valence electrons. The molecule has 0 aliphatic rings. The van der Waals surface area contributed by atoms with E-state index >= 15 is 0 Å². The van der Waals surface area contributed by atoms with Gasteiger partial charge in [0.25, 0.3) is 0 Å². The number of halogens is 1. The zero-order chi connectivity index (χ0) is 13.8. The predicted molar refractivity (Wildman–Crippen MR) is 78.5 cm³/mol. The highest BCUT2D eigenvalue weighted by atomic mass is 79.9. The number of carbonyl (C=O) groups excluding carboxylic acids is 1. The second kappa shape index (κ2) is 5.90. The van der Waals surface area contributed by atoms with Crippen LogP contribution in [0.15, 0.2) is 46.3 Å². The minimum atomic E-state index is -0.446. The van der Waals surface area contributed by atoms with E-state index < -0.39 is 4.92 Å². The maximum Gasteiger partial charge on any atom is 0.324 e. The summed E-state index contributed by atoms with van der Waals surface area (Å²) in [5, 5.41) is 12.2. The monoisotopic (exact) mass is 337 g/mol. The molecule has 0 aliphatic heterocycles. The summed E-state index contributed by atoms with van der Waals surface area (Å²) in [7, 11) is 0. The summed E-state index contributed by atoms with van der Waals surface area (Å²) in [6, 6.07) is 8.49. The zero-order valence-electron chi connectivity index (χ0n) is 9.58. The van der Waals surface area contributed by atoms with Crippen molar-refractivity contribution in [1.82, 2.24) is 0 Å². The van der Waals surface area contributed by atoms with Gasteiger partial charge in [-0.05, 0) is 29.8 Å². The Hall–Kier alpha value is -1.79. The maximum atomic E-state index is 11.9. The molecular weight excluding hydrogens is 330 g/mol. The second-order valence-corrected chi connectivity index (χ2v) is 5.49. The molecule has 0 saturated carbocycles. The first-order valence-electron chi connectivity index (χ1n) is 5.27. The van der Waals surface area contributed by atoms with Crippen molar-refractivity contribution in [3.63, 3.8) is 0 Å². The van der Waals surface area contributed by atoms with Gasteiger partial charge in [-0.15, -0.1) is 0 Å². The van der Waals surface area contributed by atoms with Gasteiger partial charge in [0, 0.05) is 21.5 Å². The first-order valence-corrected chi connectivity index (χ1v) is 6.94. The second-order valence-electron chi connectivity index (χ2n) is 3.68. The third-order valence-corrected chi connectivity index (χ3v) is 3.71. The highest BCUT2D eigenvalue weighted by molar-refractivity contribution is 9.10. The number of ketones is 1. The van der Waals surface area contributed by atoms with Crippen molar-refractivity contribution in [2.24, 2.45) is 0 Å². The van der Waals surface area contributed by atoms with Crippen LogP contribution in [0, 0.1) is 10.1 Å². The number of rotatable bonds is 4. The molecule has 0 N–H and O–H groups in total. The first kappa shape index (κ1) is 13.6. The zero-order valence-corrected chi connectivity index (χ0v) is 12.0. The molecule has 0 atom stereocenters. The van der Waals surface area contributed by atoms with Crippen LogP contribution in [0.5, 0.6) is 0 Å². The molecule has 0 radical (unpaired) electrons. The van der Waals surface area contributed by atoms with Crippen molar-refractivity contribution >= 4 is 44.1 Å². The number of hydrogen-bond acceptors (Lipinski definition) is 4. The number of thiophene rings is 1. The van der Waals surface area contributed by atoms with Gasteiger partial charge in [-0.25, -0.2) is 0 Å². The Balaban J connectivity index is 2.13. The van der Waals surface area contributed by atoms with E-state index in [0.29, 0.717) is 11.1 Å². The summed E-state index contributed by atoms with van der Waals surface area (Å²) in [6.07, 6.45) is 2.99. The molecule has 0 saturated heterocycles. The van der Waals surface area contributed by atoms with E-state index in [1.54, 1.807) is 29.7 Å². The van der Waals surface area contributed by atoms with Crippen molar-refractivity contribution in [2.45, 2.75) is 0 Å². The molecule has 4 nitrogen and oxygen atoms in total. The summed E-state index contributed by atoms with van der Waals surface area (Å²) in [4.78, 5) is 22.0. The fraction of sp³-hybridized carbons (Fsp3) is 0. The lowest BCUT2D eigenvalue weighted by Gasteiger charge is -1.95.